The minimum Gasteiger partial charge on any atom is -0.373 e. The molecule has 1 unspecified atom stereocenters. The normalized spacial score (nSPS) is 19.4. The monoisotopic (exact) mass is 190 g/mol. The Bertz CT molecular complexity index is 365. The number of aryl methyl sites for hydroxylation is 1. The molecule has 0 amide bonds. The van der Waals surface area contributed by atoms with Gasteiger partial charge in [0, 0.05) is 12.0 Å². The Labute approximate surface area is 83.9 Å². The number of carbonyl (C=O) groups excluding carboxylic acids is 1. The van der Waals surface area contributed by atoms with Crippen molar-refractivity contribution in [2.45, 2.75) is 26.4 Å². The number of benzene rings is 1. The molecule has 2 rings (SSSR count). The van der Waals surface area contributed by atoms with Gasteiger partial charge in [0.15, 0.2) is 5.78 Å². The van der Waals surface area contributed by atoms with Crippen LogP contribution >= 0.6 is 0 Å². The van der Waals surface area contributed by atoms with Gasteiger partial charge in [0.1, 0.15) is 0 Å². The highest BCUT2D eigenvalue weighted by Gasteiger charge is 2.23. The molecule has 0 spiro atoms. The van der Waals surface area contributed by atoms with Crippen LogP contribution in [0.25, 0.3) is 0 Å². The van der Waals surface area contributed by atoms with E-state index in [4.69, 9.17) is 4.74 Å². The molecule has 1 fully saturated rings. The lowest BCUT2D eigenvalue weighted by Crippen LogP contribution is -1.99. The minimum atomic E-state index is 0.127. The zero-order chi connectivity index (χ0) is 10.1. The van der Waals surface area contributed by atoms with Crippen LogP contribution in [0, 0.1) is 6.92 Å². The van der Waals surface area contributed by atoms with E-state index in [2.05, 4.69) is 0 Å². The number of ether oxygens (including phenoxy) is 1. The molecule has 1 saturated heterocycles. The molecule has 2 nitrogen and oxygen atoms in total. The summed E-state index contributed by atoms with van der Waals surface area (Å²) in [6, 6.07) is 5.89. The van der Waals surface area contributed by atoms with Crippen LogP contribution in [-0.2, 0) is 11.2 Å². The summed E-state index contributed by atoms with van der Waals surface area (Å²) in [5.74, 6) is 0.127. The lowest BCUT2D eigenvalue weighted by molar-refractivity contribution is 0.101. The average Bonchev–Trinajstić information content (AvgIpc) is 2.92. The van der Waals surface area contributed by atoms with Gasteiger partial charge in [0.25, 0.3) is 0 Å². The quantitative estimate of drug-likeness (QED) is 0.540. The summed E-state index contributed by atoms with van der Waals surface area (Å²) in [7, 11) is 0. The Kier molecular flexibility index (Phi) is 2.38. The molecule has 1 aliphatic rings. The van der Waals surface area contributed by atoms with Crippen molar-refractivity contribution >= 4 is 5.78 Å². The largest absolute Gasteiger partial charge is 0.373 e. The summed E-state index contributed by atoms with van der Waals surface area (Å²) in [6.45, 7) is 4.52. The fraction of sp³-hybridized carbons (Fsp3) is 0.417. The van der Waals surface area contributed by atoms with Crippen LogP contribution in [0.15, 0.2) is 18.2 Å². The molecule has 74 valence electrons. The Morgan fingerprint density at radius 2 is 2.29 bits per heavy atom. The third kappa shape index (κ3) is 2.02. The standard InChI is InChI=1S/C12H14O2/c1-8-5-11(9(2)13)4-3-10(8)6-12-7-14-12/h3-5,12H,6-7H2,1-2H3. The van der Waals surface area contributed by atoms with Crippen molar-refractivity contribution < 1.29 is 9.53 Å². The van der Waals surface area contributed by atoms with E-state index in [1.165, 1.54) is 11.1 Å². The van der Waals surface area contributed by atoms with Crippen molar-refractivity contribution in [2.24, 2.45) is 0 Å². The number of hydrogen-bond acceptors (Lipinski definition) is 2. The first kappa shape index (κ1) is 9.41. The van der Waals surface area contributed by atoms with Gasteiger partial charge in [-0.3, -0.25) is 4.79 Å². The second kappa shape index (κ2) is 3.54. The zero-order valence-electron chi connectivity index (χ0n) is 8.54. The number of rotatable bonds is 3. The van der Waals surface area contributed by atoms with Gasteiger partial charge in [-0.15, -0.1) is 0 Å². The van der Waals surface area contributed by atoms with Crippen LogP contribution in [-0.4, -0.2) is 18.5 Å². The Balaban J connectivity index is 2.21. The number of ketones is 1. The van der Waals surface area contributed by atoms with Crippen LogP contribution in [0.4, 0.5) is 0 Å². The predicted molar refractivity (Wildman–Crippen MR) is 54.6 cm³/mol. The molecule has 2 heteroatoms. The van der Waals surface area contributed by atoms with E-state index in [1.54, 1.807) is 6.92 Å². The lowest BCUT2D eigenvalue weighted by atomic mass is 10.00. The lowest BCUT2D eigenvalue weighted by Gasteiger charge is -2.05. The van der Waals surface area contributed by atoms with Crippen molar-refractivity contribution in [3.8, 4) is 0 Å². The second-order valence-corrected chi connectivity index (χ2v) is 3.86. The van der Waals surface area contributed by atoms with Gasteiger partial charge in [0.05, 0.1) is 12.7 Å². The molecule has 1 heterocycles. The van der Waals surface area contributed by atoms with Crippen LogP contribution in [0.1, 0.15) is 28.4 Å². The smallest absolute Gasteiger partial charge is 0.159 e. The van der Waals surface area contributed by atoms with Crippen molar-refractivity contribution in [2.75, 3.05) is 6.61 Å². The van der Waals surface area contributed by atoms with Crippen LogP contribution in [0.5, 0.6) is 0 Å². The molecule has 0 N–H and O–H groups in total. The fourth-order valence-electron chi connectivity index (χ4n) is 1.58. The first-order valence-corrected chi connectivity index (χ1v) is 4.89. The van der Waals surface area contributed by atoms with E-state index in [1.807, 2.05) is 25.1 Å². The third-order valence-electron chi connectivity index (χ3n) is 2.60. The van der Waals surface area contributed by atoms with E-state index in [-0.39, 0.29) is 5.78 Å². The van der Waals surface area contributed by atoms with Crippen molar-refractivity contribution in [3.05, 3.63) is 34.9 Å². The number of carbonyl (C=O) groups is 1. The maximum Gasteiger partial charge on any atom is 0.159 e. The summed E-state index contributed by atoms with van der Waals surface area (Å²) in [5, 5.41) is 0. The number of Topliss-reactive ketones (excluding diaryl/α,β-unsaturated/α-hetero) is 1. The first-order valence-electron chi connectivity index (χ1n) is 4.89. The summed E-state index contributed by atoms with van der Waals surface area (Å²) >= 11 is 0. The average molecular weight is 190 g/mol. The molecule has 0 aliphatic carbocycles. The van der Waals surface area contributed by atoms with E-state index in [9.17, 15) is 4.79 Å². The SMILES string of the molecule is CC(=O)c1ccc(CC2CO2)c(C)c1. The van der Waals surface area contributed by atoms with E-state index < -0.39 is 0 Å². The summed E-state index contributed by atoms with van der Waals surface area (Å²) in [4.78, 5) is 11.1. The Hall–Kier alpha value is -1.15. The maximum atomic E-state index is 11.1. The molecular weight excluding hydrogens is 176 g/mol. The van der Waals surface area contributed by atoms with Crippen LogP contribution < -0.4 is 0 Å². The topological polar surface area (TPSA) is 29.6 Å². The fourth-order valence-corrected chi connectivity index (χ4v) is 1.58. The molecule has 0 radical (unpaired) electrons. The van der Waals surface area contributed by atoms with Crippen molar-refractivity contribution in [1.29, 1.82) is 0 Å². The van der Waals surface area contributed by atoms with E-state index in [0.29, 0.717) is 6.10 Å². The minimum absolute atomic E-state index is 0.127. The maximum absolute atomic E-state index is 11.1. The van der Waals surface area contributed by atoms with Gasteiger partial charge in [-0.1, -0.05) is 12.1 Å². The van der Waals surface area contributed by atoms with Gasteiger partial charge >= 0.3 is 0 Å². The van der Waals surface area contributed by atoms with Gasteiger partial charge < -0.3 is 4.74 Å². The molecule has 1 aliphatic heterocycles. The predicted octanol–water partition coefficient (Wildman–Crippen LogP) is 2.14. The number of hydrogen-bond donors (Lipinski definition) is 0. The highest BCUT2D eigenvalue weighted by molar-refractivity contribution is 5.94. The van der Waals surface area contributed by atoms with Gasteiger partial charge in [-0.25, -0.2) is 0 Å². The van der Waals surface area contributed by atoms with Gasteiger partial charge in [0.2, 0.25) is 0 Å². The van der Waals surface area contributed by atoms with E-state index in [0.717, 1.165) is 18.6 Å². The van der Waals surface area contributed by atoms with Gasteiger partial charge in [-0.05, 0) is 31.0 Å². The highest BCUT2D eigenvalue weighted by Crippen LogP contribution is 2.19. The summed E-state index contributed by atoms with van der Waals surface area (Å²) in [5.41, 5.74) is 3.27. The summed E-state index contributed by atoms with van der Waals surface area (Å²) < 4.78 is 5.18. The van der Waals surface area contributed by atoms with Crippen molar-refractivity contribution in [3.63, 3.8) is 0 Å². The molecule has 0 aromatic heterocycles. The zero-order valence-corrected chi connectivity index (χ0v) is 8.54. The second-order valence-electron chi connectivity index (χ2n) is 3.86. The third-order valence-corrected chi connectivity index (χ3v) is 2.60. The van der Waals surface area contributed by atoms with Crippen LogP contribution in [0.2, 0.25) is 0 Å². The molecule has 1 aromatic carbocycles. The first-order chi connectivity index (χ1) is 6.66. The Morgan fingerprint density at radius 3 is 2.79 bits per heavy atom. The van der Waals surface area contributed by atoms with Crippen LogP contribution in [0.3, 0.4) is 0 Å². The molecule has 0 saturated carbocycles. The van der Waals surface area contributed by atoms with Gasteiger partial charge in [-0.2, -0.15) is 0 Å². The highest BCUT2D eigenvalue weighted by atomic mass is 16.6. The summed E-state index contributed by atoms with van der Waals surface area (Å²) in [6.07, 6.45) is 1.39. The molecule has 1 aromatic rings. The number of epoxide rings is 1. The Morgan fingerprint density at radius 1 is 1.57 bits per heavy atom. The van der Waals surface area contributed by atoms with E-state index >= 15 is 0 Å². The molecular formula is C12H14O2. The molecule has 0 bridgehead atoms. The molecule has 14 heavy (non-hydrogen) atoms. The van der Waals surface area contributed by atoms with Crippen molar-refractivity contribution in [1.82, 2.24) is 0 Å². The molecule has 1 atom stereocenters.